The molecule has 3 aliphatic heterocycles. The molecule has 2 atom stereocenters. The van der Waals surface area contributed by atoms with Gasteiger partial charge >= 0.3 is 0 Å². The molecule has 11 rings (SSSR count). The highest BCUT2D eigenvalue weighted by Gasteiger charge is 2.61. The van der Waals surface area contributed by atoms with E-state index < -0.39 is 0 Å². The van der Waals surface area contributed by atoms with Crippen molar-refractivity contribution in [1.82, 2.24) is 0 Å². The molecule has 1 aliphatic carbocycles. The van der Waals surface area contributed by atoms with Gasteiger partial charge in [0.15, 0.2) is 0 Å². The maximum atomic E-state index is 2.80. The minimum absolute atomic E-state index is 0.00777. The standard InChI is InChI=1S/C65H72BN3/c1-60(2,3)43-25-31-48(32-26-43)67-55-35-29-46(62(7,8)9)39-52(55)66-53-40-47(63(10,11)12)30-36-56(53)68(49-33-27-44(28-34-49)61(4,5)6)58-42-50(41-57(67)59(58)66)69-54-24-18-17-23-51(54)65(45-21-15-14-16-22-45)38-20-19-37-64(65,69)13/h14-18,21-36,39-42H,19-20,37-38H2,1-13H3. The van der Waals surface area contributed by atoms with Crippen molar-refractivity contribution in [3.8, 4) is 0 Å². The molecule has 2 unspecified atom stereocenters. The molecular weight excluding hydrogens is 834 g/mol. The van der Waals surface area contributed by atoms with E-state index in [4.69, 9.17) is 0 Å². The molecule has 0 N–H and O–H groups in total. The number of anilines is 8. The molecule has 0 saturated heterocycles. The summed E-state index contributed by atoms with van der Waals surface area (Å²) >= 11 is 0. The zero-order valence-electron chi connectivity index (χ0n) is 43.7. The van der Waals surface area contributed by atoms with Crippen LogP contribution in [0.4, 0.5) is 45.5 Å². The number of nitrogens with zero attached hydrogens (tertiary/aromatic N) is 3. The molecule has 7 aromatic rings. The Bertz CT molecular complexity index is 2970. The van der Waals surface area contributed by atoms with Crippen molar-refractivity contribution in [2.45, 2.75) is 148 Å². The van der Waals surface area contributed by atoms with Crippen LogP contribution in [-0.2, 0) is 27.1 Å². The average Bonchev–Trinajstić information content (AvgIpc) is 3.55. The van der Waals surface area contributed by atoms with Crippen molar-refractivity contribution in [1.29, 1.82) is 0 Å². The second-order valence-corrected chi connectivity index (χ2v) is 25.2. The van der Waals surface area contributed by atoms with Crippen LogP contribution in [0.15, 0.2) is 152 Å². The average molecular weight is 906 g/mol. The quantitative estimate of drug-likeness (QED) is 0.163. The fourth-order valence-electron chi connectivity index (χ4n) is 13.0. The fourth-order valence-corrected chi connectivity index (χ4v) is 13.0. The molecular formula is C65H72BN3. The second-order valence-electron chi connectivity index (χ2n) is 25.2. The zero-order chi connectivity index (χ0) is 48.6. The second kappa shape index (κ2) is 15.5. The topological polar surface area (TPSA) is 9.72 Å². The van der Waals surface area contributed by atoms with E-state index in [1.165, 1.54) is 108 Å². The van der Waals surface area contributed by atoms with Gasteiger partial charge in [0.1, 0.15) is 0 Å². The number of benzene rings is 7. The lowest BCUT2D eigenvalue weighted by Crippen LogP contribution is -2.62. The Balaban J connectivity index is 1.27. The van der Waals surface area contributed by atoms with Gasteiger partial charge in [-0.1, -0.05) is 193 Å². The summed E-state index contributed by atoms with van der Waals surface area (Å²) < 4.78 is 0. The summed E-state index contributed by atoms with van der Waals surface area (Å²) in [4.78, 5) is 8.06. The van der Waals surface area contributed by atoms with Crippen LogP contribution >= 0.6 is 0 Å². The van der Waals surface area contributed by atoms with Gasteiger partial charge in [0, 0.05) is 50.9 Å². The predicted molar refractivity (Wildman–Crippen MR) is 298 cm³/mol. The summed E-state index contributed by atoms with van der Waals surface area (Å²) in [6.45, 7) is 30.6. The van der Waals surface area contributed by atoms with Crippen LogP contribution in [0.2, 0.25) is 0 Å². The van der Waals surface area contributed by atoms with Gasteiger partial charge in [-0.2, -0.15) is 0 Å². The van der Waals surface area contributed by atoms with E-state index >= 15 is 0 Å². The number of rotatable bonds is 4. The summed E-state index contributed by atoms with van der Waals surface area (Å²) in [6.07, 6.45) is 4.62. The smallest absolute Gasteiger partial charge is 0.252 e. The third-order valence-electron chi connectivity index (χ3n) is 16.8. The van der Waals surface area contributed by atoms with Gasteiger partial charge < -0.3 is 14.7 Å². The lowest BCUT2D eigenvalue weighted by molar-refractivity contribution is 0.215. The van der Waals surface area contributed by atoms with E-state index in [1.54, 1.807) is 0 Å². The molecule has 0 bridgehead atoms. The van der Waals surface area contributed by atoms with E-state index in [9.17, 15) is 0 Å². The summed E-state index contributed by atoms with van der Waals surface area (Å²) in [5, 5.41) is 0. The molecule has 350 valence electrons. The van der Waals surface area contributed by atoms with Crippen molar-refractivity contribution < 1.29 is 0 Å². The van der Waals surface area contributed by atoms with Gasteiger partial charge in [0.2, 0.25) is 0 Å². The molecule has 4 aliphatic rings. The fraction of sp³-hybridized carbons (Fsp3) is 0.354. The number of hydrogen-bond donors (Lipinski definition) is 0. The van der Waals surface area contributed by atoms with Crippen LogP contribution in [0.3, 0.4) is 0 Å². The minimum atomic E-state index is -0.225. The first-order valence-electron chi connectivity index (χ1n) is 25.8. The van der Waals surface area contributed by atoms with Crippen LogP contribution in [-0.4, -0.2) is 12.3 Å². The van der Waals surface area contributed by atoms with Gasteiger partial charge in [0.25, 0.3) is 6.71 Å². The summed E-state index contributed by atoms with van der Waals surface area (Å²) in [6, 6.07) is 59.9. The Hall–Kier alpha value is -6.00. The highest BCUT2D eigenvalue weighted by Crippen LogP contribution is 2.64. The Morgan fingerprint density at radius 3 is 1.32 bits per heavy atom. The van der Waals surface area contributed by atoms with Crippen LogP contribution in [0.5, 0.6) is 0 Å². The van der Waals surface area contributed by atoms with Gasteiger partial charge in [-0.05, 0) is 146 Å². The number of fused-ring (bicyclic) bond motifs is 7. The zero-order valence-corrected chi connectivity index (χ0v) is 43.7. The SMILES string of the molecule is CC(C)(C)c1ccc(N2c3ccc(C(C)(C)C)cc3B3c4cc(C(C)(C)C)ccc4N(c4ccc(C(C)(C)C)cc4)c4cc(N5c6ccccc6C6(c7ccccc7)CCCCC56C)cc2c43)cc1. The van der Waals surface area contributed by atoms with Gasteiger partial charge in [0.05, 0.1) is 5.54 Å². The van der Waals surface area contributed by atoms with E-state index in [-0.39, 0.29) is 39.3 Å². The van der Waals surface area contributed by atoms with Gasteiger partial charge in [-0.15, -0.1) is 0 Å². The normalized spacial score (nSPS) is 19.7. The number of para-hydroxylation sites is 1. The number of hydrogen-bond acceptors (Lipinski definition) is 3. The molecule has 1 fully saturated rings. The first-order chi connectivity index (χ1) is 32.6. The van der Waals surface area contributed by atoms with Crippen LogP contribution < -0.4 is 31.1 Å². The molecule has 3 nitrogen and oxygen atoms in total. The predicted octanol–water partition coefficient (Wildman–Crippen LogP) is 15.7. The lowest BCUT2D eigenvalue weighted by atomic mass is 9.33. The molecule has 0 radical (unpaired) electrons. The molecule has 0 aromatic heterocycles. The molecule has 1 saturated carbocycles. The van der Waals surface area contributed by atoms with E-state index in [0.717, 1.165) is 12.8 Å². The molecule has 0 amide bonds. The highest BCUT2D eigenvalue weighted by atomic mass is 15.3. The Morgan fingerprint density at radius 2 is 0.841 bits per heavy atom. The van der Waals surface area contributed by atoms with Crippen molar-refractivity contribution in [2.24, 2.45) is 0 Å². The monoisotopic (exact) mass is 906 g/mol. The van der Waals surface area contributed by atoms with Crippen LogP contribution in [0.25, 0.3) is 0 Å². The van der Waals surface area contributed by atoms with Crippen LogP contribution in [0, 0.1) is 0 Å². The maximum Gasteiger partial charge on any atom is 0.252 e. The third-order valence-corrected chi connectivity index (χ3v) is 16.8. The molecule has 3 heterocycles. The third kappa shape index (κ3) is 6.97. The Morgan fingerprint density at radius 1 is 0.406 bits per heavy atom. The van der Waals surface area contributed by atoms with Crippen molar-refractivity contribution in [3.05, 3.63) is 185 Å². The molecule has 69 heavy (non-hydrogen) atoms. The van der Waals surface area contributed by atoms with Gasteiger partial charge in [-0.3, -0.25) is 0 Å². The molecule has 0 spiro atoms. The van der Waals surface area contributed by atoms with E-state index in [0.29, 0.717) is 0 Å². The first kappa shape index (κ1) is 45.4. The lowest BCUT2D eigenvalue weighted by Gasteiger charge is -2.53. The van der Waals surface area contributed by atoms with E-state index in [2.05, 4.69) is 256 Å². The summed E-state index contributed by atoms with van der Waals surface area (Å²) in [5.41, 5.74) is 21.9. The summed E-state index contributed by atoms with van der Waals surface area (Å²) in [7, 11) is 0. The summed E-state index contributed by atoms with van der Waals surface area (Å²) in [5.74, 6) is 0. The molecule has 7 aromatic carbocycles. The minimum Gasteiger partial charge on any atom is -0.334 e. The molecule has 4 heteroatoms. The Labute approximate surface area is 414 Å². The van der Waals surface area contributed by atoms with E-state index in [1.807, 2.05) is 0 Å². The Kier molecular flexibility index (Phi) is 10.2. The van der Waals surface area contributed by atoms with Gasteiger partial charge in [-0.25, -0.2) is 0 Å². The van der Waals surface area contributed by atoms with Crippen molar-refractivity contribution in [2.75, 3.05) is 14.7 Å². The highest BCUT2D eigenvalue weighted by molar-refractivity contribution is 7.00. The van der Waals surface area contributed by atoms with Crippen molar-refractivity contribution >= 4 is 68.6 Å². The largest absolute Gasteiger partial charge is 0.334 e. The maximum absolute atomic E-state index is 2.80. The first-order valence-corrected chi connectivity index (χ1v) is 25.8. The van der Waals surface area contributed by atoms with Crippen LogP contribution in [0.1, 0.15) is 149 Å². The van der Waals surface area contributed by atoms with Crippen molar-refractivity contribution in [3.63, 3.8) is 0 Å².